The summed E-state index contributed by atoms with van der Waals surface area (Å²) in [6, 6.07) is 7.52. The van der Waals surface area contributed by atoms with E-state index in [1.807, 2.05) is 24.3 Å². The van der Waals surface area contributed by atoms with Gasteiger partial charge in [0.1, 0.15) is 0 Å². The topological polar surface area (TPSA) is 84.1 Å². The second-order valence-corrected chi connectivity index (χ2v) is 4.61. The largest absolute Gasteiger partial charge is 0.389 e. The molecule has 90 valence electrons. The Bertz CT molecular complexity index is 534. The van der Waals surface area contributed by atoms with Gasteiger partial charge in [-0.3, -0.25) is 0 Å². The first kappa shape index (κ1) is 11.6. The van der Waals surface area contributed by atoms with E-state index in [2.05, 4.69) is 15.3 Å². The first-order valence-corrected chi connectivity index (χ1v) is 5.44. The smallest absolute Gasteiger partial charge is 0.169 e. The van der Waals surface area contributed by atoms with Gasteiger partial charge in [-0.25, -0.2) is 9.97 Å². The summed E-state index contributed by atoms with van der Waals surface area (Å²) in [5.41, 5.74) is 6.52. The van der Waals surface area contributed by atoms with Crippen LogP contribution in [0.25, 0.3) is 11.0 Å². The van der Waals surface area contributed by atoms with Crippen LogP contribution in [0.4, 0.5) is 11.6 Å². The molecule has 0 amide bonds. The quantitative estimate of drug-likeness (QED) is 0.744. The number of benzene rings is 1. The van der Waals surface area contributed by atoms with Gasteiger partial charge in [-0.1, -0.05) is 12.1 Å². The molecule has 2 rings (SSSR count). The van der Waals surface area contributed by atoms with E-state index < -0.39 is 5.60 Å². The van der Waals surface area contributed by atoms with Crippen molar-refractivity contribution in [3.8, 4) is 0 Å². The van der Waals surface area contributed by atoms with Crippen molar-refractivity contribution in [2.75, 3.05) is 17.6 Å². The van der Waals surface area contributed by atoms with E-state index >= 15 is 0 Å². The summed E-state index contributed by atoms with van der Waals surface area (Å²) in [5, 5.41) is 12.6. The maximum Gasteiger partial charge on any atom is 0.169 e. The number of nitrogens with zero attached hydrogens (tertiary/aromatic N) is 2. The van der Waals surface area contributed by atoms with Gasteiger partial charge in [0.05, 0.1) is 16.6 Å². The molecule has 1 aromatic heterocycles. The Labute approximate surface area is 99.7 Å². The monoisotopic (exact) mass is 232 g/mol. The molecule has 0 aliphatic rings. The van der Waals surface area contributed by atoms with Crippen molar-refractivity contribution in [1.82, 2.24) is 9.97 Å². The second-order valence-electron chi connectivity index (χ2n) is 4.61. The molecule has 5 nitrogen and oxygen atoms in total. The van der Waals surface area contributed by atoms with Crippen LogP contribution in [0.5, 0.6) is 0 Å². The summed E-state index contributed by atoms with van der Waals surface area (Å²) in [6.07, 6.45) is 0. The average Bonchev–Trinajstić information content (AvgIpc) is 2.25. The molecular weight excluding hydrogens is 216 g/mol. The van der Waals surface area contributed by atoms with Gasteiger partial charge in [-0.15, -0.1) is 0 Å². The van der Waals surface area contributed by atoms with Gasteiger partial charge in [0, 0.05) is 6.54 Å². The van der Waals surface area contributed by atoms with Crippen molar-refractivity contribution in [3.63, 3.8) is 0 Å². The number of nitrogens with two attached hydrogens (primary N) is 1. The summed E-state index contributed by atoms with van der Waals surface area (Å²) in [7, 11) is 0. The van der Waals surface area contributed by atoms with Crippen molar-refractivity contribution in [2.45, 2.75) is 19.4 Å². The Morgan fingerprint density at radius 2 is 1.82 bits per heavy atom. The summed E-state index contributed by atoms with van der Waals surface area (Å²) < 4.78 is 0. The standard InChI is InChI=1S/C12H16N4O/c1-12(2,17)7-14-11-10(13)15-8-5-3-4-6-9(8)16-11/h3-6,17H,7H2,1-2H3,(H2,13,15)(H,14,16). The zero-order valence-corrected chi connectivity index (χ0v) is 9.94. The number of para-hydroxylation sites is 2. The second kappa shape index (κ2) is 4.18. The molecule has 0 atom stereocenters. The summed E-state index contributed by atoms with van der Waals surface area (Å²) in [4.78, 5) is 8.62. The molecule has 0 fully saturated rings. The number of nitrogen functional groups attached to an aromatic ring is 1. The molecule has 0 bridgehead atoms. The highest BCUT2D eigenvalue weighted by Crippen LogP contribution is 2.18. The van der Waals surface area contributed by atoms with Gasteiger partial charge in [-0.2, -0.15) is 0 Å². The zero-order valence-electron chi connectivity index (χ0n) is 9.94. The minimum Gasteiger partial charge on any atom is -0.389 e. The third-order valence-electron chi connectivity index (χ3n) is 2.29. The van der Waals surface area contributed by atoms with Crippen LogP contribution >= 0.6 is 0 Å². The van der Waals surface area contributed by atoms with Crippen molar-refractivity contribution < 1.29 is 5.11 Å². The Kier molecular flexibility index (Phi) is 2.85. The maximum atomic E-state index is 9.63. The first-order chi connectivity index (χ1) is 7.96. The number of anilines is 2. The van der Waals surface area contributed by atoms with E-state index in [1.165, 1.54) is 0 Å². The molecular formula is C12H16N4O. The third kappa shape index (κ3) is 2.82. The molecule has 17 heavy (non-hydrogen) atoms. The molecule has 1 aromatic carbocycles. The molecule has 5 heteroatoms. The van der Waals surface area contributed by atoms with E-state index in [4.69, 9.17) is 5.73 Å². The number of rotatable bonds is 3. The molecule has 0 aliphatic heterocycles. The fourth-order valence-corrected chi connectivity index (χ4v) is 1.44. The van der Waals surface area contributed by atoms with Crippen LogP contribution in [0.2, 0.25) is 0 Å². The first-order valence-electron chi connectivity index (χ1n) is 5.44. The Balaban J connectivity index is 2.31. The van der Waals surface area contributed by atoms with E-state index in [0.29, 0.717) is 18.2 Å². The fraction of sp³-hybridized carbons (Fsp3) is 0.333. The minimum atomic E-state index is -0.820. The Morgan fingerprint density at radius 3 is 2.41 bits per heavy atom. The molecule has 1 heterocycles. The average molecular weight is 232 g/mol. The summed E-state index contributed by atoms with van der Waals surface area (Å²) in [6.45, 7) is 3.79. The van der Waals surface area contributed by atoms with Gasteiger partial charge in [0.2, 0.25) is 0 Å². The van der Waals surface area contributed by atoms with Crippen LogP contribution in [0.3, 0.4) is 0 Å². The summed E-state index contributed by atoms with van der Waals surface area (Å²) in [5.74, 6) is 0.846. The number of aromatic nitrogens is 2. The lowest BCUT2D eigenvalue weighted by atomic mass is 10.1. The normalized spacial score (nSPS) is 11.7. The van der Waals surface area contributed by atoms with Crippen LogP contribution in [-0.4, -0.2) is 27.2 Å². The number of hydrogen-bond acceptors (Lipinski definition) is 5. The fourth-order valence-electron chi connectivity index (χ4n) is 1.44. The van der Waals surface area contributed by atoms with Crippen molar-refractivity contribution in [2.24, 2.45) is 0 Å². The van der Waals surface area contributed by atoms with Gasteiger partial charge < -0.3 is 16.2 Å². The van der Waals surface area contributed by atoms with Gasteiger partial charge in [0.15, 0.2) is 11.6 Å². The van der Waals surface area contributed by atoms with Crippen molar-refractivity contribution >= 4 is 22.7 Å². The SMILES string of the molecule is CC(C)(O)CNc1nc2ccccc2nc1N. The molecule has 0 saturated heterocycles. The van der Waals surface area contributed by atoms with Crippen LogP contribution in [0, 0.1) is 0 Å². The predicted octanol–water partition coefficient (Wildman–Crippen LogP) is 1.39. The third-order valence-corrected chi connectivity index (χ3v) is 2.29. The maximum absolute atomic E-state index is 9.63. The van der Waals surface area contributed by atoms with Crippen LogP contribution in [0.1, 0.15) is 13.8 Å². The molecule has 0 radical (unpaired) electrons. The summed E-state index contributed by atoms with van der Waals surface area (Å²) >= 11 is 0. The number of nitrogens with one attached hydrogen (secondary N) is 1. The number of aliphatic hydroxyl groups is 1. The van der Waals surface area contributed by atoms with E-state index in [1.54, 1.807) is 13.8 Å². The Morgan fingerprint density at radius 1 is 1.24 bits per heavy atom. The zero-order chi connectivity index (χ0) is 12.5. The van der Waals surface area contributed by atoms with Gasteiger partial charge in [0.25, 0.3) is 0 Å². The van der Waals surface area contributed by atoms with Gasteiger partial charge >= 0.3 is 0 Å². The lowest BCUT2D eigenvalue weighted by Crippen LogP contribution is -2.30. The molecule has 4 N–H and O–H groups in total. The molecule has 2 aromatic rings. The lowest BCUT2D eigenvalue weighted by Gasteiger charge is -2.18. The Hall–Kier alpha value is -1.88. The highest BCUT2D eigenvalue weighted by molar-refractivity contribution is 5.79. The number of hydrogen-bond donors (Lipinski definition) is 3. The van der Waals surface area contributed by atoms with Crippen LogP contribution < -0.4 is 11.1 Å². The highest BCUT2D eigenvalue weighted by Gasteiger charge is 2.13. The van der Waals surface area contributed by atoms with Crippen molar-refractivity contribution in [1.29, 1.82) is 0 Å². The minimum absolute atomic E-state index is 0.341. The van der Waals surface area contributed by atoms with E-state index in [0.717, 1.165) is 11.0 Å². The van der Waals surface area contributed by atoms with Crippen LogP contribution in [0.15, 0.2) is 24.3 Å². The van der Waals surface area contributed by atoms with Crippen LogP contribution in [-0.2, 0) is 0 Å². The lowest BCUT2D eigenvalue weighted by molar-refractivity contribution is 0.0944. The van der Waals surface area contributed by atoms with Gasteiger partial charge in [-0.05, 0) is 26.0 Å². The van der Waals surface area contributed by atoms with E-state index in [-0.39, 0.29) is 0 Å². The predicted molar refractivity (Wildman–Crippen MR) is 68.7 cm³/mol. The van der Waals surface area contributed by atoms with E-state index in [9.17, 15) is 5.11 Å². The highest BCUT2D eigenvalue weighted by atomic mass is 16.3. The molecule has 0 saturated carbocycles. The number of fused-ring (bicyclic) bond motifs is 1. The molecule has 0 unspecified atom stereocenters. The molecule has 0 spiro atoms. The molecule has 0 aliphatic carbocycles. The van der Waals surface area contributed by atoms with Crippen molar-refractivity contribution in [3.05, 3.63) is 24.3 Å².